The molecule has 4 aromatic rings. The standard InChI is InChI=1S/C36H36ClFN4O4S/c37-33-19-28(35(45)39-22-25-7-4-6-24(16-25)21-38)18-32(40-33)30-20-29(42-13-2-1-3-14-42)10-11-31(30)41-36(46)27-9-5-8-26(17-27)23-47-15-12-34(43)44/h4-11,16-20H,1-3,12-15,21-23H2,(H,39,45)(H,41,46)(H,43,44). The van der Waals surface area contributed by atoms with Crippen LogP contribution in [-0.2, 0) is 23.8 Å². The van der Waals surface area contributed by atoms with Gasteiger partial charge in [-0.2, -0.15) is 11.8 Å². The maximum Gasteiger partial charge on any atom is 0.304 e. The average molecular weight is 675 g/mol. The summed E-state index contributed by atoms with van der Waals surface area (Å²) in [6.45, 7) is 1.47. The fourth-order valence-corrected chi connectivity index (χ4v) is 6.51. The van der Waals surface area contributed by atoms with E-state index in [4.69, 9.17) is 16.7 Å². The molecule has 244 valence electrons. The first-order valence-corrected chi connectivity index (χ1v) is 17.0. The number of hydrogen-bond donors (Lipinski definition) is 3. The minimum atomic E-state index is -0.838. The molecule has 0 saturated carbocycles. The second-order valence-electron chi connectivity index (χ2n) is 11.3. The Balaban J connectivity index is 1.40. The predicted octanol–water partition coefficient (Wildman–Crippen LogP) is 7.75. The lowest BCUT2D eigenvalue weighted by Gasteiger charge is -2.29. The number of carbonyl (C=O) groups excluding carboxylic acids is 2. The van der Waals surface area contributed by atoms with Crippen LogP contribution in [0.15, 0.2) is 78.9 Å². The highest BCUT2D eigenvalue weighted by molar-refractivity contribution is 7.98. The maximum absolute atomic E-state index is 13.5. The molecule has 3 aromatic carbocycles. The van der Waals surface area contributed by atoms with Gasteiger partial charge in [0.1, 0.15) is 11.8 Å². The van der Waals surface area contributed by atoms with Crippen molar-refractivity contribution in [2.45, 2.75) is 44.7 Å². The highest BCUT2D eigenvalue weighted by Crippen LogP contribution is 2.34. The van der Waals surface area contributed by atoms with Gasteiger partial charge < -0.3 is 20.6 Å². The van der Waals surface area contributed by atoms with Crippen molar-refractivity contribution in [1.82, 2.24) is 10.3 Å². The number of alkyl halides is 1. The van der Waals surface area contributed by atoms with Crippen LogP contribution in [0, 0.1) is 0 Å². The Morgan fingerprint density at radius 3 is 2.43 bits per heavy atom. The number of pyridine rings is 1. The van der Waals surface area contributed by atoms with Gasteiger partial charge in [0.2, 0.25) is 0 Å². The Hall–Kier alpha value is -4.41. The molecule has 1 aliphatic heterocycles. The number of benzene rings is 3. The van der Waals surface area contributed by atoms with Crippen LogP contribution in [0.4, 0.5) is 15.8 Å². The third-order valence-corrected chi connectivity index (χ3v) is 9.05. The van der Waals surface area contributed by atoms with Gasteiger partial charge in [-0.3, -0.25) is 14.4 Å². The van der Waals surface area contributed by atoms with Gasteiger partial charge in [0.25, 0.3) is 11.8 Å². The fourth-order valence-electron chi connectivity index (χ4n) is 5.42. The molecule has 2 heterocycles. The number of carboxylic acid groups (broad SMARTS) is 1. The Morgan fingerprint density at radius 2 is 1.64 bits per heavy atom. The molecule has 0 spiro atoms. The number of halogens is 2. The van der Waals surface area contributed by atoms with Crippen LogP contribution in [0.2, 0.25) is 5.15 Å². The van der Waals surface area contributed by atoms with Gasteiger partial charge >= 0.3 is 5.97 Å². The Morgan fingerprint density at radius 1 is 0.872 bits per heavy atom. The molecule has 8 nitrogen and oxygen atoms in total. The number of amides is 2. The number of carboxylic acids is 1. The third kappa shape index (κ3) is 9.56. The van der Waals surface area contributed by atoms with Crippen LogP contribution >= 0.6 is 23.4 Å². The molecule has 1 aromatic heterocycles. The van der Waals surface area contributed by atoms with E-state index in [1.54, 1.807) is 42.5 Å². The van der Waals surface area contributed by atoms with Crippen LogP contribution in [0.1, 0.15) is 63.1 Å². The van der Waals surface area contributed by atoms with Gasteiger partial charge in [0, 0.05) is 53.5 Å². The predicted molar refractivity (Wildman–Crippen MR) is 186 cm³/mol. The number of rotatable bonds is 13. The third-order valence-electron chi connectivity index (χ3n) is 7.82. The zero-order valence-electron chi connectivity index (χ0n) is 25.8. The van der Waals surface area contributed by atoms with E-state index in [1.165, 1.54) is 24.2 Å². The number of thioether (sulfide) groups is 1. The van der Waals surface area contributed by atoms with Gasteiger partial charge in [0.05, 0.1) is 17.8 Å². The lowest BCUT2D eigenvalue weighted by atomic mass is 10.0. The fraction of sp³-hybridized carbons (Fsp3) is 0.278. The molecule has 2 amide bonds. The number of carbonyl (C=O) groups is 3. The molecule has 1 fully saturated rings. The number of aliphatic carboxylic acids is 1. The Bertz CT molecular complexity index is 1750. The average Bonchev–Trinajstić information content (AvgIpc) is 3.09. The largest absolute Gasteiger partial charge is 0.481 e. The van der Waals surface area contributed by atoms with Gasteiger partial charge in [-0.05, 0) is 78.4 Å². The van der Waals surface area contributed by atoms with Crippen LogP contribution in [0.25, 0.3) is 11.3 Å². The molecule has 0 unspecified atom stereocenters. The Kier molecular flexibility index (Phi) is 11.9. The number of nitrogens with zero attached hydrogens (tertiary/aromatic N) is 2. The Labute approximate surface area is 282 Å². The summed E-state index contributed by atoms with van der Waals surface area (Å²) in [7, 11) is 0. The van der Waals surface area contributed by atoms with E-state index in [0.717, 1.165) is 42.7 Å². The smallest absolute Gasteiger partial charge is 0.304 e. The van der Waals surface area contributed by atoms with Gasteiger partial charge in [0.15, 0.2) is 0 Å². The van der Waals surface area contributed by atoms with E-state index < -0.39 is 12.6 Å². The highest BCUT2D eigenvalue weighted by Gasteiger charge is 2.19. The molecule has 5 rings (SSSR count). The summed E-state index contributed by atoms with van der Waals surface area (Å²) in [4.78, 5) is 44.5. The van der Waals surface area contributed by atoms with Crippen molar-refractivity contribution >= 4 is 52.5 Å². The number of hydrogen-bond acceptors (Lipinski definition) is 6. The van der Waals surface area contributed by atoms with E-state index in [-0.39, 0.29) is 29.9 Å². The van der Waals surface area contributed by atoms with Crippen LogP contribution in [-0.4, -0.2) is 46.7 Å². The molecule has 47 heavy (non-hydrogen) atoms. The molecule has 0 aliphatic carbocycles. The summed E-state index contributed by atoms with van der Waals surface area (Å²) in [5.74, 6) is -0.447. The zero-order valence-corrected chi connectivity index (χ0v) is 27.4. The molecule has 3 N–H and O–H groups in total. The van der Waals surface area contributed by atoms with E-state index in [0.29, 0.717) is 45.1 Å². The molecule has 0 bridgehead atoms. The van der Waals surface area contributed by atoms with Crippen molar-refractivity contribution in [3.63, 3.8) is 0 Å². The second-order valence-corrected chi connectivity index (χ2v) is 12.8. The summed E-state index contributed by atoms with van der Waals surface area (Å²) in [6.07, 6.45) is 3.44. The first-order valence-electron chi connectivity index (χ1n) is 15.5. The topological polar surface area (TPSA) is 112 Å². The number of nitrogens with one attached hydrogen (secondary N) is 2. The lowest BCUT2D eigenvalue weighted by molar-refractivity contribution is -0.136. The summed E-state index contributed by atoms with van der Waals surface area (Å²) < 4.78 is 13.1. The van der Waals surface area contributed by atoms with Crippen molar-refractivity contribution in [3.05, 3.63) is 112 Å². The quantitative estimate of drug-likeness (QED) is 0.0982. The highest BCUT2D eigenvalue weighted by atomic mass is 35.5. The van der Waals surface area contributed by atoms with Gasteiger partial charge in [-0.1, -0.05) is 48.0 Å². The van der Waals surface area contributed by atoms with E-state index >= 15 is 0 Å². The summed E-state index contributed by atoms with van der Waals surface area (Å²) in [5, 5.41) is 14.9. The molecule has 0 radical (unpaired) electrons. The molecular formula is C36H36ClFN4O4S. The van der Waals surface area contributed by atoms with Crippen LogP contribution in [0.5, 0.6) is 0 Å². The van der Waals surface area contributed by atoms with Crippen molar-refractivity contribution in [1.29, 1.82) is 0 Å². The van der Waals surface area contributed by atoms with Gasteiger partial charge in [-0.25, -0.2) is 9.37 Å². The van der Waals surface area contributed by atoms with Crippen molar-refractivity contribution < 1.29 is 23.9 Å². The number of piperidine rings is 1. The van der Waals surface area contributed by atoms with Crippen molar-refractivity contribution in [3.8, 4) is 11.3 Å². The molecular weight excluding hydrogens is 639 g/mol. The van der Waals surface area contributed by atoms with E-state index in [9.17, 15) is 18.8 Å². The van der Waals surface area contributed by atoms with Crippen molar-refractivity contribution in [2.75, 3.05) is 29.1 Å². The van der Waals surface area contributed by atoms with Crippen LogP contribution in [0.3, 0.4) is 0 Å². The monoisotopic (exact) mass is 674 g/mol. The van der Waals surface area contributed by atoms with E-state index in [1.807, 2.05) is 30.3 Å². The second kappa shape index (κ2) is 16.4. The zero-order chi connectivity index (χ0) is 33.2. The van der Waals surface area contributed by atoms with Crippen molar-refractivity contribution in [2.24, 2.45) is 0 Å². The minimum absolute atomic E-state index is 0.0796. The number of aromatic nitrogens is 1. The van der Waals surface area contributed by atoms with Crippen LogP contribution < -0.4 is 15.5 Å². The van der Waals surface area contributed by atoms with Gasteiger partial charge in [-0.15, -0.1) is 0 Å². The SMILES string of the molecule is O=C(O)CCSCc1cccc(C(=O)Nc2ccc(N3CCCCC3)cc2-c2cc(C(=O)NCc3cccc(CF)c3)cc(Cl)n2)c1. The number of anilines is 2. The lowest BCUT2D eigenvalue weighted by Crippen LogP contribution is -2.29. The molecule has 11 heteroatoms. The summed E-state index contributed by atoms with van der Waals surface area (Å²) in [6, 6.07) is 23.1. The molecule has 0 atom stereocenters. The first kappa shape index (κ1) is 33.9. The maximum atomic E-state index is 13.5. The molecule has 1 saturated heterocycles. The summed E-state index contributed by atoms with van der Waals surface area (Å²) in [5.41, 5.74) is 5.54. The van der Waals surface area contributed by atoms with E-state index in [2.05, 4.69) is 20.5 Å². The normalized spacial score (nSPS) is 12.9. The minimum Gasteiger partial charge on any atom is -0.481 e. The first-order chi connectivity index (χ1) is 22.8. The molecule has 1 aliphatic rings. The summed E-state index contributed by atoms with van der Waals surface area (Å²) >= 11 is 7.96.